The summed E-state index contributed by atoms with van der Waals surface area (Å²) < 4.78 is 12.3. The zero-order chi connectivity index (χ0) is 18.4. The lowest BCUT2D eigenvalue weighted by Crippen LogP contribution is -2.32. The number of fused-ring (bicyclic) bond motifs is 6. The van der Waals surface area contributed by atoms with Crippen molar-refractivity contribution >= 4 is 5.57 Å². The van der Waals surface area contributed by atoms with Crippen molar-refractivity contribution < 1.29 is 9.47 Å². The first kappa shape index (κ1) is 15.8. The molecule has 0 saturated carbocycles. The Balaban J connectivity index is 1.72. The van der Waals surface area contributed by atoms with Gasteiger partial charge in [0.2, 0.25) is 0 Å². The highest BCUT2D eigenvalue weighted by molar-refractivity contribution is 5.85. The highest BCUT2D eigenvalue weighted by atomic mass is 16.5. The van der Waals surface area contributed by atoms with Crippen LogP contribution in [0.1, 0.15) is 23.6 Å². The van der Waals surface area contributed by atoms with Crippen molar-refractivity contribution in [2.24, 2.45) is 0 Å². The molecule has 0 N–H and O–H groups in total. The number of benzene rings is 3. The van der Waals surface area contributed by atoms with E-state index in [1.165, 1.54) is 27.8 Å². The Morgan fingerprint density at radius 3 is 2.26 bits per heavy atom. The first-order valence-electron chi connectivity index (χ1n) is 9.01. The van der Waals surface area contributed by atoms with Crippen LogP contribution in [-0.4, -0.2) is 6.61 Å². The summed E-state index contributed by atoms with van der Waals surface area (Å²) in [5.41, 5.74) is 6.44. The van der Waals surface area contributed by atoms with Gasteiger partial charge in [0.25, 0.3) is 0 Å². The van der Waals surface area contributed by atoms with E-state index in [1.807, 2.05) is 18.2 Å². The van der Waals surface area contributed by atoms with Crippen LogP contribution in [0.4, 0.5) is 0 Å². The Morgan fingerprint density at radius 1 is 0.926 bits per heavy atom. The summed E-state index contributed by atoms with van der Waals surface area (Å²) in [4.78, 5) is 0. The second kappa shape index (κ2) is 5.79. The normalized spacial score (nSPS) is 15.0. The Hall–Kier alpha value is -3.44. The number of terminal acetylenes is 1. The van der Waals surface area contributed by atoms with Gasteiger partial charge in [-0.05, 0) is 41.8 Å². The molecule has 0 fully saturated rings. The summed E-state index contributed by atoms with van der Waals surface area (Å²) in [7, 11) is 0. The number of rotatable bonds is 2. The Morgan fingerprint density at radius 2 is 1.59 bits per heavy atom. The smallest absolute Gasteiger partial charge is 0.179 e. The molecular weight excluding hydrogens is 332 g/mol. The summed E-state index contributed by atoms with van der Waals surface area (Å²) in [6.07, 6.45) is 7.56. The lowest BCUT2D eigenvalue weighted by atomic mass is 9.85. The van der Waals surface area contributed by atoms with Crippen LogP contribution in [0.3, 0.4) is 0 Å². The first-order chi connectivity index (χ1) is 13.2. The SMILES string of the molecule is C#CCOc1ccc2c(c1)OC1(C=C2C)c2ccccc2-c2ccccc21. The van der Waals surface area contributed by atoms with Crippen molar-refractivity contribution in [3.8, 4) is 35.0 Å². The number of allylic oxidation sites excluding steroid dienone is 1. The minimum atomic E-state index is -0.616. The monoisotopic (exact) mass is 350 g/mol. The van der Waals surface area contributed by atoms with E-state index in [9.17, 15) is 0 Å². The third-order valence-electron chi connectivity index (χ3n) is 5.34. The van der Waals surface area contributed by atoms with Crippen molar-refractivity contribution in [2.45, 2.75) is 12.5 Å². The molecule has 1 spiro atoms. The summed E-state index contributed by atoms with van der Waals surface area (Å²) in [5.74, 6) is 4.04. The van der Waals surface area contributed by atoms with Gasteiger partial charge in [-0.1, -0.05) is 54.5 Å². The molecule has 3 aromatic carbocycles. The molecule has 27 heavy (non-hydrogen) atoms. The van der Waals surface area contributed by atoms with E-state index in [0.29, 0.717) is 0 Å². The lowest BCUT2D eigenvalue weighted by molar-refractivity contribution is 0.164. The van der Waals surface area contributed by atoms with E-state index in [4.69, 9.17) is 15.9 Å². The molecule has 2 nitrogen and oxygen atoms in total. The van der Waals surface area contributed by atoms with E-state index in [0.717, 1.165) is 17.1 Å². The van der Waals surface area contributed by atoms with Gasteiger partial charge in [-0.15, -0.1) is 6.42 Å². The van der Waals surface area contributed by atoms with E-state index in [2.05, 4.69) is 67.5 Å². The fourth-order valence-corrected chi connectivity index (χ4v) is 4.21. The maximum Gasteiger partial charge on any atom is 0.179 e. The van der Waals surface area contributed by atoms with Gasteiger partial charge in [0.15, 0.2) is 5.60 Å². The maximum atomic E-state index is 6.72. The van der Waals surface area contributed by atoms with Crippen LogP contribution in [0.25, 0.3) is 16.7 Å². The molecule has 0 unspecified atom stereocenters. The fraction of sp³-hybridized carbons (Fsp3) is 0.120. The molecule has 2 aliphatic rings. The van der Waals surface area contributed by atoms with Crippen LogP contribution in [0, 0.1) is 12.3 Å². The highest BCUT2D eigenvalue weighted by Crippen LogP contribution is 2.54. The third kappa shape index (κ3) is 2.22. The van der Waals surface area contributed by atoms with Crippen LogP contribution in [0.5, 0.6) is 11.5 Å². The minimum absolute atomic E-state index is 0.240. The van der Waals surface area contributed by atoms with Crippen molar-refractivity contribution in [3.05, 3.63) is 89.5 Å². The van der Waals surface area contributed by atoms with Gasteiger partial charge in [-0.2, -0.15) is 0 Å². The number of hydrogen-bond donors (Lipinski definition) is 0. The zero-order valence-corrected chi connectivity index (χ0v) is 15.0. The van der Waals surface area contributed by atoms with Gasteiger partial charge in [-0.3, -0.25) is 0 Å². The minimum Gasteiger partial charge on any atom is -0.481 e. The third-order valence-corrected chi connectivity index (χ3v) is 5.34. The van der Waals surface area contributed by atoms with Gasteiger partial charge in [0.05, 0.1) is 0 Å². The van der Waals surface area contributed by atoms with Gasteiger partial charge in [-0.25, -0.2) is 0 Å². The molecule has 130 valence electrons. The summed E-state index contributed by atoms with van der Waals surface area (Å²) >= 11 is 0. The fourth-order valence-electron chi connectivity index (χ4n) is 4.21. The van der Waals surface area contributed by atoms with Crippen molar-refractivity contribution in [3.63, 3.8) is 0 Å². The molecule has 2 heteroatoms. The number of ether oxygens (including phenoxy) is 2. The Bertz CT molecular complexity index is 1090. The summed E-state index contributed by atoms with van der Waals surface area (Å²) in [6.45, 7) is 2.37. The molecule has 1 aliphatic carbocycles. The topological polar surface area (TPSA) is 18.5 Å². The van der Waals surface area contributed by atoms with Crippen molar-refractivity contribution in [2.75, 3.05) is 6.61 Å². The standard InChI is InChI=1S/C25H18O2/c1-3-14-26-18-12-13-19-17(2)16-25(27-24(19)15-18)22-10-6-4-8-20(22)21-9-5-7-11-23(21)25/h1,4-13,15-16H,14H2,2H3. The highest BCUT2D eigenvalue weighted by Gasteiger charge is 2.45. The van der Waals surface area contributed by atoms with Crippen LogP contribution in [0.15, 0.2) is 72.8 Å². The Kier molecular flexibility index (Phi) is 3.39. The summed E-state index contributed by atoms with van der Waals surface area (Å²) in [6, 6.07) is 22.8. The van der Waals surface area contributed by atoms with Gasteiger partial charge < -0.3 is 9.47 Å². The second-order valence-electron chi connectivity index (χ2n) is 6.91. The first-order valence-corrected chi connectivity index (χ1v) is 9.01. The van der Waals surface area contributed by atoms with Crippen LogP contribution >= 0.6 is 0 Å². The van der Waals surface area contributed by atoms with Crippen LogP contribution in [0.2, 0.25) is 0 Å². The second-order valence-corrected chi connectivity index (χ2v) is 6.91. The van der Waals surface area contributed by atoms with E-state index in [1.54, 1.807) is 0 Å². The maximum absolute atomic E-state index is 6.72. The molecule has 0 aromatic heterocycles. The van der Waals surface area contributed by atoms with Crippen LogP contribution in [-0.2, 0) is 5.60 Å². The van der Waals surface area contributed by atoms with Crippen molar-refractivity contribution in [1.82, 2.24) is 0 Å². The van der Waals surface area contributed by atoms with Gasteiger partial charge >= 0.3 is 0 Å². The molecule has 0 radical (unpaired) electrons. The Labute approximate surface area is 159 Å². The van der Waals surface area contributed by atoms with E-state index < -0.39 is 5.60 Å². The average Bonchev–Trinajstić information content (AvgIpc) is 2.96. The zero-order valence-electron chi connectivity index (χ0n) is 15.0. The number of hydrogen-bond acceptors (Lipinski definition) is 2. The predicted molar refractivity (Wildman–Crippen MR) is 108 cm³/mol. The molecule has 1 heterocycles. The average molecular weight is 350 g/mol. The summed E-state index contributed by atoms with van der Waals surface area (Å²) in [5, 5.41) is 0. The lowest BCUT2D eigenvalue weighted by Gasteiger charge is -2.35. The molecule has 5 rings (SSSR count). The molecule has 0 amide bonds. The quantitative estimate of drug-likeness (QED) is 0.575. The van der Waals surface area contributed by atoms with Crippen LogP contribution < -0.4 is 9.47 Å². The molecule has 0 saturated heterocycles. The molecule has 1 aliphatic heterocycles. The molecule has 0 bridgehead atoms. The molecular formula is C25H18O2. The van der Waals surface area contributed by atoms with E-state index in [-0.39, 0.29) is 6.61 Å². The molecule has 0 atom stereocenters. The van der Waals surface area contributed by atoms with Gasteiger partial charge in [0.1, 0.15) is 18.1 Å². The van der Waals surface area contributed by atoms with Gasteiger partial charge in [0, 0.05) is 22.8 Å². The van der Waals surface area contributed by atoms with Crippen molar-refractivity contribution in [1.29, 1.82) is 0 Å². The molecule has 3 aromatic rings. The van der Waals surface area contributed by atoms with E-state index >= 15 is 0 Å². The largest absolute Gasteiger partial charge is 0.481 e. The predicted octanol–water partition coefficient (Wildman–Crippen LogP) is 5.42.